The molecule has 0 aromatic heterocycles. The third kappa shape index (κ3) is 3.69. The number of rotatable bonds is 7. The molecule has 8 heteroatoms. The summed E-state index contributed by atoms with van der Waals surface area (Å²) in [6.45, 7) is 0. The number of aromatic carboxylic acids is 1. The zero-order chi connectivity index (χ0) is 19.3. The zero-order valence-corrected chi connectivity index (χ0v) is 13.4. The first-order valence-electron chi connectivity index (χ1n) is 7.43. The van der Waals surface area contributed by atoms with Gasteiger partial charge >= 0.3 is 17.9 Å². The number of hydrogen-bond donors (Lipinski definition) is 4. The Bertz CT molecular complexity index is 847. The largest absolute Gasteiger partial charge is 0.479 e. The summed E-state index contributed by atoms with van der Waals surface area (Å²) in [6, 6.07) is 13.1. The molecule has 0 heterocycles. The molecule has 26 heavy (non-hydrogen) atoms. The summed E-state index contributed by atoms with van der Waals surface area (Å²) < 4.78 is 0. The second kappa shape index (κ2) is 7.47. The van der Waals surface area contributed by atoms with Gasteiger partial charge in [-0.3, -0.25) is 4.79 Å². The van der Waals surface area contributed by atoms with Gasteiger partial charge in [0.2, 0.25) is 5.54 Å². The summed E-state index contributed by atoms with van der Waals surface area (Å²) in [5, 5.41) is 30.2. The number of hydrogen-bond acceptors (Lipinski definition) is 4. The van der Waals surface area contributed by atoms with Crippen LogP contribution in [0.4, 0.5) is 0 Å². The van der Waals surface area contributed by atoms with Crippen LogP contribution in [0.2, 0.25) is 0 Å². The van der Waals surface area contributed by atoms with E-state index in [1.54, 1.807) is 18.2 Å². The minimum absolute atomic E-state index is 0.333. The minimum atomic E-state index is -2.65. The van der Waals surface area contributed by atoms with Crippen LogP contribution in [-0.2, 0) is 16.0 Å². The van der Waals surface area contributed by atoms with Gasteiger partial charge in [-0.25, -0.2) is 14.4 Å². The smallest absolute Gasteiger partial charge is 0.341 e. The normalized spacial score (nSPS) is 10.8. The van der Waals surface area contributed by atoms with E-state index in [2.05, 4.69) is 0 Å². The maximum absolute atomic E-state index is 12.5. The number of carboxylic acid groups (broad SMARTS) is 3. The molecule has 1 amide bonds. The summed E-state index contributed by atoms with van der Waals surface area (Å²) in [5.41, 5.74) is -2.97. The summed E-state index contributed by atoms with van der Waals surface area (Å²) in [6.07, 6.45) is -0.514. The fraction of sp³-hybridized carbons (Fsp3) is 0.111. The second-order valence-corrected chi connectivity index (χ2v) is 5.48. The van der Waals surface area contributed by atoms with Gasteiger partial charge in [0, 0.05) is 6.42 Å². The van der Waals surface area contributed by atoms with Gasteiger partial charge in [-0.05, 0) is 17.7 Å². The molecule has 2 rings (SSSR count). The van der Waals surface area contributed by atoms with Gasteiger partial charge in [0.1, 0.15) is 0 Å². The molecule has 2 aromatic rings. The summed E-state index contributed by atoms with van der Waals surface area (Å²) >= 11 is 0. The average Bonchev–Trinajstić information content (AvgIpc) is 2.61. The van der Waals surface area contributed by atoms with E-state index in [4.69, 9.17) is 5.11 Å². The predicted octanol–water partition coefficient (Wildman–Crippen LogP) is 1.27. The molecule has 0 saturated carbocycles. The third-order valence-electron chi connectivity index (χ3n) is 3.77. The molecular weight excluding hydrogens is 342 g/mol. The highest BCUT2D eigenvalue weighted by molar-refractivity contribution is 6.11. The molecule has 0 spiro atoms. The molecule has 2 aromatic carbocycles. The Labute approximate surface area is 147 Å². The Kier molecular flexibility index (Phi) is 5.36. The molecule has 0 aliphatic carbocycles. The van der Waals surface area contributed by atoms with Crippen molar-refractivity contribution in [2.75, 3.05) is 0 Å². The molecule has 8 nitrogen and oxygen atoms in total. The van der Waals surface area contributed by atoms with E-state index < -0.39 is 35.8 Å². The number of carbonyl (C=O) groups excluding carboxylic acids is 1. The lowest BCUT2D eigenvalue weighted by atomic mass is 9.90. The van der Waals surface area contributed by atoms with E-state index >= 15 is 0 Å². The molecule has 0 saturated heterocycles. The molecule has 0 atom stereocenters. The van der Waals surface area contributed by atoms with E-state index in [-0.39, 0.29) is 11.1 Å². The van der Waals surface area contributed by atoms with E-state index in [0.29, 0.717) is 5.56 Å². The van der Waals surface area contributed by atoms with Crippen molar-refractivity contribution in [3.63, 3.8) is 0 Å². The quantitative estimate of drug-likeness (QED) is 0.547. The van der Waals surface area contributed by atoms with Crippen molar-refractivity contribution in [1.29, 1.82) is 0 Å². The van der Waals surface area contributed by atoms with Crippen LogP contribution in [0.15, 0.2) is 54.6 Å². The van der Waals surface area contributed by atoms with Crippen molar-refractivity contribution in [2.45, 2.75) is 12.0 Å². The average molecular weight is 357 g/mol. The highest BCUT2D eigenvalue weighted by Crippen LogP contribution is 2.18. The zero-order valence-electron chi connectivity index (χ0n) is 13.4. The lowest BCUT2D eigenvalue weighted by molar-refractivity contribution is -0.158. The molecule has 0 aliphatic heterocycles. The number of aliphatic carboxylic acids is 2. The molecule has 134 valence electrons. The van der Waals surface area contributed by atoms with Gasteiger partial charge in [0.05, 0.1) is 11.1 Å². The fourth-order valence-electron chi connectivity index (χ4n) is 2.42. The van der Waals surface area contributed by atoms with E-state index in [1.165, 1.54) is 30.3 Å². The van der Waals surface area contributed by atoms with Gasteiger partial charge in [0.25, 0.3) is 5.91 Å². The first kappa shape index (κ1) is 18.7. The third-order valence-corrected chi connectivity index (χ3v) is 3.77. The summed E-state index contributed by atoms with van der Waals surface area (Å²) in [5.74, 6) is -6.04. The number of benzene rings is 2. The molecule has 4 N–H and O–H groups in total. The van der Waals surface area contributed by atoms with Crippen LogP contribution in [0.25, 0.3) is 0 Å². The van der Waals surface area contributed by atoms with Gasteiger partial charge < -0.3 is 20.6 Å². The van der Waals surface area contributed by atoms with Gasteiger partial charge in [-0.1, -0.05) is 42.5 Å². The van der Waals surface area contributed by atoms with Crippen molar-refractivity contribution in [3.05, 3.63) is 71.3 Å². The minimum Gasteiger partial charge on any atom is -0.479 e. The predicted molar refractivity (Wildman–Crippen MR) is 89.0 cm³/mol. The van der Waals surface area contributed by atoms with Crippen LogP contribution >= 0.6 is 0 Å². The highest BCUT2D eigenvalue weighted by atomic mass is 16.4. The number of carbonyl (C=O) groups is 4. The Morgan fingerprint density at radius 3 is 1.77 bits per heavy atom. The van der Waals surface area contributed by atoms with E-state index in [1.807, 2.05) is 5.32 Å². The maximum atomic E-state index is 12.5. The van der Waals surface area contributed by atoms with Gasteiger partial charge in [-0.2, -0.15) is 0 Å². The van der Waals surface area contributed by atoms with Gasteiger partial charge in [0.15, 0.2) is 0 Å². The first-order chi connectivity index (χ1) is 12.3. The van der Waals surface area contributed by atoms with Crippen LogP contribution in [0.3, 0.4) is 0 Å². The Balaban J connectivity index is 2.45. The summed E-state index contributed by atoms with van der Waals surface area (Å²) in [7, 11) is 0. The molecule has 0 radical (unpaired) electrons. The van der Waals surface area contributed by atoms with Crippen LogP contribution in [0.1, 0.15) is 26.3 Å². The van der Waals surface area contributed by atoms with Crippen molar-refractivity contribution < 1.29 is 34.5 Å². The topological polar surface area (TPSA) is 141 Å². The van der Waals surface area contributed by atoms with Crippen molar-refractivity contribution >= 4 is 23.8 Å². The Hall–Kier alpha value is -3.68. The van der Waals surface area contributed by atoms with Crippen molar-refractivity contribution in [2.24, 2.45) is 0 Å². The number of carboxylic acids is 3. The highest BCUT2D eigenvalue weighted by Gasteiger charge is 2.48. The Morgan fingerprint density at radius 2 is 1.27 bits per heavy atom. The van der Waals surface area contributed by atoms with Crippen LogP contribution in [0, 0.1) is 0 Å². The molecular formula is C18H15NO7. The summed E-state index contributed by atoms with van der Waals surface area (Å²) in [4.78, 5) is 47.2. The first-order valence-corrected chi connectivity index (χ1v) is 7.43. The molecule has 0 bridgehead atoms. The molecule has 0 fully saturated rings. The van der Waals surface area contributed by atoms with Crippen LogP contribution in [0.5, 0.6) is 0 Å². The monoisotopic (exact) mass is 357 g/mol. The fourth-order valence-corrected chi connectivity index (χ4v) is 2.42. The SMILES string of the molecule is O=C(O)c1ccccc1C(=O)NC(Cc1ccccc1)(C(=O)O)C(=O)O. The number of amides is 1. The number of nitrogens with one attached hydrogen (secondary N) is 1. The van der Waals surface area contributed by atoms with Crippen molar-refractivity contribution in [3.8, 4) is 0 Å². The molecule has 0 unspecified atom stereocenters. The lowest BCUT2D eigenvalue weighted by Gasteiger charge is -2.26. The standard InChI is InChI=1S/C18H15NO7/c20-14(12-8-4-5-9-13(12)15(21)22)19-18(16(23)24,17(25)26)10-11-6-2-1-3-7-11/h1-9H,10H2,(H,19,20)(H,21,22)(H,23,24)(H,25,26). The van der Waals surface area contributed by atoms with Gasteiger partial charge in [-0.15, -0.1) is 0 Å². The Morgan fingerprint density at radius 1 is 0.769 bits per heavy atom. The lowest BCUT2D eigenvalue weighted by Crippen LogP contribution is -2.61. The maximum Gasteiger partial charge on any atom is 0.341 e. The van der Waals surface area contributed by atoms with E-state index in [9.17, 15) is 29.4 Å². The van der Waals surface area contributed by atoms with Crippen LogP contribution < -0.4 is 5.32 Å². The van der Waals surface area contributed by atoms with E-state index in [0.717, 1.165) is 6.07 Å². The molecule has 0 aliphatic rings. The van der Waals surface area contributed by atoms with Crippen LogP contribution in [-0.4, -0.2) is 44.7 Å². The van der Waals surface area contributed by atoms with Crippen molar-refractivity contribution in [1.82, 2.24) is 5.32 Å². The second-order valence-electron chi connectivity index (χ2n) is 5.48.